The zero-order chi connectivity index (χ0) is 9.26. The molecule has 1 aliphatic carbocycles. The number of hydrogen-bond donors (Lipinski definition) is 2. The first-order chi connectivity index (χ1) is 6.25. The third-order valence-corrected chi connectivity index (χ3v) is 2.01. The summed E-state index contributed by atoms with van der Waals surface area (Å²) in [6.07, 6.45) is 2.05. The fourth-order valence-electron chi connectivity index (χ4n) is 1.12. The first-order valence-corrected chi connectivity index (χ1v) is 4.41. The normalized spacial score (nSPS) is 15.8. The van der Waals surface area contributed by atoms with Crippen molar-refractivity contribution in [3.8, 4) is 0 Å². The maximum Gasteiger partial charge on any atom is 0.223 e. The van der Waals surface area contributed by atoms with Gasteiger partial charge in [0.1, 0.15) is 5.82 Å². The highest BCUT2D eigenvalue weighted by Gasteiger charge is 2.29. The molecule has 1 aromatic rings. The number of aromatic amines is 1. The summed E-state index contributed by atoms with van der Waals surface area (Å²) < 4.78 is 0. The van der Waals surface area contributed by atoms with E-state index in [1.165, 1.54) is 0 Å². The Morgan fingerprint density at radius 3 is 3.00 bits per heavy atom. The van der Waals surface area contributed by atoms with Gasteiger partial charge in [-0.2, -0.15) is 5.10 Å². The fourth-order valence-corrected chi connectivity index (χ4v) is 1.12. The van der Waals surface area contributed by atoms with Gasteiger partial charge in [0.2, 0.25) is 5.91 Å². The van der Waals surface area contributed by atoms with E-state index in [1.54, 1.807) is 0 Å². The van der Waals surface area contributed by atoms with E-state index in [0.29, 0.717) is 12.4 Å². The molecule has 0 spiro atoms. The number of carbonyl (C=O) groups excluding carboxylic acids is 1. The highest BCUT2D eigenvalue weighted by molar-refractivity contribution is 5.80. The monoisotopic (exact) mass is 180 g/mol. The quantitative estimate of drug-likeness (QED) is 0.695. The largest absolute Gasteiger partial charge is 0.348 e. The zero-order valence-corrected chi connectivity index (χ0v) is 7.50. The predicted molar refractivity (Wildman–Crippen MR) is 45.7 cm³/mol. The van der Waals surface area contributed by atoms with Gasteiger partial charge in [-0.3, -0.25) is 9.89 Å². The molecule has 0 unspecified atom stereocenters. The van der Waals surface area contributed by atoms with Gasteiger partial charge in [0.25, 0.3) is 0 Å². The molecule has 2 N–H and O–H groups in total. The van der Waals surface area contributed by atoms with Crippen LogP contribution >= 0.6 is 0 Å². The SMILES string of the molecule is Cc1nc(CNC(=O)C2CC2)n[nH]1. The van der Waals surface area contributed by atoms with Crippen LogP contribution in [-0.2, 0) is 11.3 Å². The topological polar surface area (TPSA) is 70.7 Å². The predicted octanol–water partition coefficient (Wildman–Crippen LogP) is 0.139. The Balaban J connectivity index is 1.81. The molecule has 1 saturated carbocycles. The lowest BCUT2D eigenvalue weighted by Crippen LogP contribution is -2.24. The minimum atomic E-state index is 0.127. The smallest absolute Gasteiger partial charge is 0.223 e. The summed E-state index contributed by atoms with van der Waals surface area (Å²) in [4.78, 5) is 15.3. The molecule has 1 amide bonds. The lowest BCUT2D eigenvalue weighted by molar-refractivity contribution is -0.122. The summed E-state index contributed by atoms with van der Waals surface area (Å²) in [5, 5.41) is 9.43. The van der Waals surface area contributed by atoms with Crippen LogP contribution in [-0.4, -0.2) is 21.1 Å². The summed E-state index contributed by atoms with van der Waals surface area (Å²) in [7, 11) is 0. The number of aromatic nitrogens is 3. The molecule has 0 saturated heterocycles. The van der Waals surface area contributed by atoms with Crippen LogP contribution in [0.4, 0.5) is 0 Å². The second-order valence-corrected chi connectivity index (χ2v) is 3.33. The van der Waals surface area contributed by atoms with Gasteiger partial charge in [-0.1, -0.05) is 0 Å². The Morgan fingerprint density at radius 1 is 1.69 bits per heavy atom. The minimum Gasteiger partial charge on any atom is -0.348 e. The van der Waals surface area contributed by atoms with Gasteiger partial charge in [-0.15, -0.1) is 0 Å². The summed E-state index contributed by atoms with van der Waals surface area (Å²) in [5.41, 5.74) is 0. The van der Waals surface area contributed by atoms with Gasteiger partial charge in [0.05, 0.1) is 6.54 Å². The van der Waals surface area contributed by atoms with E-state index in [0.717, 1.165) is 18.7 Å². The average molecular weight is 180 g/mol. The summed E-state index contributed by atoms with van der Waals surface area (Å²) in [6, 6.07) is 0. The summed E-state index contributed by atoms with van der Waals surface area (Å²) >= 11 is 0. The Kier molecular flexibility index (Phi) is 2.00. The molecule has 0 aromatic carbocycles. The van der Waals surface area contributed by atoms with Gasteiger partial charge in [-0.25, -0.2) is 4.98 Å². The van der Waals surface area contributed by atoms with Gasteiger partial charge in [-0.05, 0) is 19.8 Å². The van der Waals surface area contributed by atoms with Crippen molar-refractivity contribution in [1.29, 1.82) is 0 Å². The van der Waals surface area contributed by atoms with Crippen molar-refractivity contribution >= 4 is 5.91 Å². The fraction of sp³-hybridized carbons (Fsp3) is 0.625. The van der Waals surface area contributed by atoms with Crippen LogP contribution in [0, 0.1) is 12.8 Å². The van der Waals surface area contributed by atoms with Crippen molar-refractivity contribution in [3.05, 3.63) is 11.6 Å². The molecule has 1 aromatic heterocycles. The molecule has 2 rings (SSSR count). The Labute approximate surface area is 75.9 Å². The van der Waals surface area contributed by atoms with Crippen molar-refractivity contribution < 1.29 is 4.79 Å². The molecule has 5 nitrogen and oxygen atoms in total. The Morgan fingerprint density at radius 2 is 2.46 bits per heavy atom. The first kappa shape index (κ1) is 8.22. The first-order valence-electron chi connectivity index (χ1n) is 4.41. The van der Waals surface area contributed by atoms with Crippen molar-refractivity contribution in [2.24, 2.45) is 5.92 Å². The number of aryl methyl sites for hydroxylation is 1. The number of H-pyrrole nitrogens is 1. The van der Waals surface area contributed by atoms with E-state index < -0.39 is 0 Å². The maximum absolute atomic E-state index is 11.2. The second-order valence-electron chi connectivity index (χ2n) is 3.33. The summed E-state index contributed by atoms with van der Waals surface area (Å²) in [6.45, 7) is 2.26. The number of amides is 1. The Hall–Kier alpha value is -1.39. The molecule has 70 valence electrons. The molecule has 1 fully saturated rings. The Bertz CT molecular complexity index is 316. The maximum atomic E-state index is 11.2. The van der Waals surface area contributed by atoms with Crippen LogP contribution in [0.5, 0.6) is 0 Å². The van der Waals surface area contributed by atoms with E-state index >= 15 is 0 Å². The van der Waals surface area contributed by atoms with Crippen LogP contribution in [0.25, 0.3) is 0 Å². The molecule has 0 bridgehead atoms. The van der Waals surface area contributed by atoms with Crippen molar-refractivity contribution in [2.75, 3.05) is 0 Å². The van der Waals surface area contributed by atoms with E-state index in [2.05, 4.69) is 20.5 Å². The second kappa shape index (κ2) is 3.16. The third kappa shape index (κ3) is 2.05. The molecule has 0 atom stereocenters. The highest BCUT2D eigenvalue weighted by Crippen LogP contribution is 2.28. The summed E-state index contributed by atoms with van der Waals surface area (Å²) in [5.74, 6) is 1.80. The van der Waals surface area contributed by atoms with Gasteiger partial charge >= 0.3 is 0 Å². The molecular formula is C8H12N4O. The third-order valence-electron chi connectivity index (χ3n) is 2.01. The van der Waals surface area contributed by atoms with Gasteiger partial charge in [0.15, 0.2) is 5.82 Å². The lowest BCUT2D eigenvalue weighted by atomic mass is 10.4. The molecule has 13 heavy (non-hydrogen) atoms. The van der Waals surface area contributed by atoms with E-state index in [1.807, 2.05) is 6.92 Å². The molecule has 5 heteroatoms. The van der Waals surface area contributed by atoms with Gasteiger partial charge < -0.3 is 5.32 Å². The van der Waals surface area contributed by atoms with Crippen molar-refractivity contribution in [3.63, 3.8) is 0 Å². The molecule has 0 radical (unpaired) electrons. The van der Waals surface area contributed by atoms with Crippen LogP contribution in [0.3, 0.4) is 0 Å². The van der Waals surface area contributed by atoms with Crippen LogP contribution in [0.15, 0.2) is 0 Å². The van der Waals surface area contributed by atoms with Crippen molar-refractivity contribution in [2.45, 2.75) is 26.3 Å². The minimum absolute atomic E-state index is 0.127. The number of rotatable bonds is 3. The van der Waals surface area contributed by atoms with E-state index in [9.17, 15) is 4.79 Å². The standard InChI is InChI=1S/C8H12N4O/c1-5-10-7(12-11-5)4-9-8(13)6-2-3-6/h6H,2-4H2,1H3,(H,9,13)(H,10,11,12). The lowest BCUT2D eigenvalue weighted by Gasteiger charge is -1.98. The molecule has 0 aliphatic heterocycles. The van der Waals surface area contributed by atoms with E-state index in [-0.39, 0.29) is 11.8 Å². The van der Waals surface area contributed by atoms with E-state index in [4.69, 9.17) is 0 Å². The van der Waals surface area contributed by atoms with Crippen LogP contribution in [0.2, 0.25) is 0 Å². The highest BCUT2D eigenvalue weighted by atomic mass is 16.2. The average Bonchev–Trinajstić information content (AvgIpc) is 2.87. The number of nitrogens with zero attached hydrogens (tertiary/aromatic N) is 2. The number of carbonyl (C=O) groups is 1. The zero-order valence-electron chi connectivity index (χ0n) is 7.50. The molecule has 1 aliphatic rings. The molecule has 1 heterocycles. The van der Waals surface area contributed by atoms with Crippen LogP contribution in [0.1, 0.15) is 24.5 Å². The number of nitrogens with one attached hydrogen (secondary N) is 2. The van der Waals surface area contributed by atoms with Crippen molar-refractivity contribution in [1.82, 2.24) is 20.5 Å². The van der Waals surface area contributed by atoms with Crippen LogP contribution < -0.4 is 5.32 Å². The number of hydrogen-bond acceptors (Lipinski definition) is 3. The molecular weight excluding hydrogens is 168 g/mol. The van der Waals surface area contributed by atoms with Gasteiger partial charge in [0, 0.05) is 5.92 Å².